The van der Waals surface area contributed by atoms with Crippen molar-refractivity contribution in [3.8, 4) is 0 Å². The molecule has 1 rings (SSSR count). The maximum atomic E-state index is 10.2. The molecular formula is C6H7N3O2. The lowest BCUT2D eigenvalue weighted by Gasteiger charge is -1.95. The number of aromatic nitrogens is 1. The molecule has 0 radical (unpaired) electrons. The third kappa shape index (κ3) is 1.64. The van der Waals surface area contributed by atoms with Crippen LogP contribution in [0, 0.1) is 10.1 Å². The molecule has 5 heteroatoms. The minimum Gasteiger partial charge on any atom is -0.373 e. The van der Waals surface area contributed by atoms with Gasteiger partial charge in [-0.3, -0.25) is 10.1 Å². The van der Waals surface area contributed by atoms with Crippen LogP contribution in [0.5, 0.6) is 0 Å². The molecule has 0 aromatic carbocycles. The molecule has 1 aromatic rings. The Morgan fingerprint density at radius 3 is 3.09 bits per heavy atom. The van der Waals surface area contributed by atoms with E-state index in [0.717, 1.165) is 6.20 Å². The van der Waals surface area contributed by atoms with Crippen molar-refractivity contribution < 1.29 is 9.04 Å². The van der Waals surface area contributed by atoms with Gasteiger partial charge in [-0.15, -0.1) is 0 Å². The van der Waals surface area contributed by atoms with Crippen molar-refractivity contribution in [1.29, 1.82) is 0 Å². The largest absolute Gasteiger partial charge is 0.373 e. The summed E-state index contributed by atoms with van der Waals surface area (Å²) in [4.78, 5) is 13.2. The molecule has 5 nitrogen and oxygen atoms in total. The first-order valence-electron chi connectivity index (χ1n) is 4.27. The number of pyridine rings is 1. The van der Waals surface area contributed by atoms with Gasteiger partial charge >= 0.3 is 0 Å². The minimum absolute atomic E-state index is 0.0793. The van der Waals surface area contributed by atoms with Crippen molar-refractivity contribution in [2.45, 2.75) is 0 Å². The lowest BCUT2D eigenvalue weighted by Crippen LogP contribution is -1.93. The van der Waals surface area contributed by atoms with Crippen LogP contribution in [-0.4, -0.2) is 16.9 Å². The van der Waals surface area contributed by atoms with E-state index in [2.05, 4.69) is 10.3 Å². The SMILES string of the molecule is [2H]C([2H])([2H])Nc1ccc([N+](=O)[O-])cn1. The monoisotopic (exact) mass is 156 g/mol. The van der Waals surface area contributed by atoms with E-state index in [4.69, 9.17) is 4.11 Å². The van der Waals surface area contributed by atoms with Crippen LogP contribution in [0.4, 0.5) is 11.5 Å². The lowest BCUT2D eigenvalue weighted by atomic mass is 10.4. The van der Waals surface area contributed by atoms with Gasteiger partial charge in [0.25, 0.3) is 5.69 Å². The summed E-state index contributed by atoms with van der Waals surface area (Å²) in [5, 5.41) is 12.3. The van der Waals surface area contributed by atoms with E-state index in [9.17, 15) is 10.1 Å². The van der Waals surface area contributed by atoms with E-state index in [0.29, 0.717) is 0 Å². The molecule has 0 unspecified atom stereocenters. The predicted molar refractivity (Wildman–Crippen MR) is 40.4 cm³/mol. The number of hydrogen-bond acceptors (Lipinski definition) is 4. The Balaban J connectivity index is 2.79. The quantitative estimate of drug-likeness (QED) is 0.513. The summed E-state index contributed by atoms with van der Waals surface area (Å²) in [5.74, 6) is 0.0793. The van der Waals surface area contributed by atoms with Gasteiger partial charge in [-0.2, -0.15) is 0 Å². The normalized spacial score (nSPS) is 14.4. The van der Waals surface area contributed by atoms with E-state index in [1.165, 1.54) is 12.1 Å². The molecule has 0 atom stereocenters. The maximum Gasteiger partial charge on any atom is 0.287 e. The first-order valence-corrected chi connectivity index (χ1v) is 2.77. The average molecular weight is 156 g/mol. The molecule has 0 fully saturated rings. The second-order valence-electron chi connectivity index (χ2n) is 1.78. The number of anilines is 1. The van der Waals surface area contributed by atoms with E-state index >= 15 is 0 Å². The number of rotatable bonds is 2. The summed E-state index contributed by atoms with van der Waals surface area (Å²) < 4.78 is 20.6. The molecule has 11 heavy (non-hydrogen) atoms. The van der Waals surface area contributed by atoms with Crippen LogP contribution >= 0.6 is 0 Å². The van der Waals surface area contributed by atoms with Gasteiger partial charge in [-0.25, -0.2) is 4.98 Å². The van der Waals surface area contributed by atoms with Crippen molar-refractivity contribution in [1.82, 2.24) is 4.98 Å². The van der Waals surface area contributed by atoms with Crippen LogP contribution in [0.15, 0.2) is 18.3 Å². The highest BCUT2D eigenvalue weighted by Crippen LogP contribution is 2.10. The van der Waals surface area contributed by atoms with E-state index in [1.54, 1.807) is 0 Å². The van der Waals surface area contributed by atoms with E-state index in [-0.39, 0.29) is 11.5 Å². The molecule has 0 amide bonds. The minimum atomic E-state index is -2.34. The second kappa shape index (κ2) is 2.96. The van der Waals surface area contributed by atoms with Gasteiger partial charge in [0.15, 0.2) is 0 Å². The van der Waals surface area contributed by atoms with Gasteiger partial charge in [-0.05, 0) is 6.07 Å². The lowest BCUT2D eigenvalue weighted by molar-refractivity contribution is -0.385. The van der Waals surface area contributed by atoms with Crippen molar-refractivity contribution in [3.05, 3.63) is 28.4 Å². The Morgan fingerprint density at radius 1 is 1.82 bits per heavy atom. The number of nitrogens with zero attached hydrogens (tertiary/aromatic N) is 2. The highest BCUT2D eigenvalue weighted by Gasteiger charge is 2.03. The van der Waals surface area contributed by atoms with Gasteiger partial charge in [0, 0.05) is 17.2 Å². The Kier molecular flexibility index (Phi) is 1.15. The van der Waals surface area contributed by atoms with Crippen molar-refractivity contribution in [2.75, 3.05) is 12.3 Å². The summed E-state index contributed by atoms with van der Waals surface area (Å²) in [7, 11) is 0. The summed E-state index contributed by atoms with van der Waals surface area (Å²) in [6.45, 7) is -2.34. The molecule has 1 heterocycles. The zero-order chi connectivity index (χ0) is 10.8. The molecule has 0 aliphatic rings. The van der Waals surface area contributed by atoms with Crippen molar-refractivity contribution in [2.24, 2.45) is 0 Å². The molecule has 0 bridgehead atoms. The summed E-state index contributed by atoms with van der Waals surface area (Å²) in [6.07, 6.45) is 0.994. The van der Waals surface area contributed by atoms with Gasteiger partial charge < -0.3 is 5.32 Å². The molecular weight excluding hydrogens is 146 g/mol. The van der Waals surface area contributed by atoms with Gasteiger partial charge in [-0.1, -0.05) is 0 Å². The zero-order valence-corrected chi connectivity index (χ0v) is 5.44. The predicted octanol–water partition coefficient (Wildman–Crippen LogP) is 1.03. The van der Waals surface area contributed by atoms with Crippen molar-refractivity contribution >= 4 is 11.5 Å². The second-order valence-corrected chi connectivity index (χ2v) is 1.78. The molecule has 0 aliphatic carbocycles. The van der Waals surface area contributed by atoms with Crippen LogP contribution in [0.1, 0.15) is 4.11 Å². The topological polar surface area (TPSA) is 68.1 Å². The molecule has 1 N–H and O–H groups in total. The average Bonchev–Trinajstić information content (AvgIpc) is 2.02. The summed E-state index contributed by atoms with van der Waals surface area (Å²) in [6, 6.07) is 2.42. The molecule has 58 valence electrons. The third-order valence-corrected chi connectivity index (χ3v) is 1.09. The molecule has 0 saturated carbocycles. The standard InChI is InChI=1S/C6H7N3O2/c1-7-6-3-2-5(4-8-6)9(10)11/h2-4H,1H3,(H,7,8)/i1D3. The fourth-order valence-electron chi connectivity index (χ4n) is 0.568. The molecule has 0 spiro atoms. The van der Waals surface area contributed by atoms with Gasteiger partial charge in [0.2, 0.25) is 0 Å². The first-order chi connectivity index (χ1) is 6.38. The zero-order valence-electron chi connectivity index (χ0n) is 8.44. The Labute approximate surface area is 67.4 Å². The molecule has 0 aliphatic heterocycles. The Bertz CT molecular complexity index is 335. The maximum absolute atomic E-state index is 10.2. The van der Waals surface area contributed by atoms with E-state index in [1.807, 2.05) is 0 Å². The van der Waals surface area contributed by atoms with Crippen LogP contribution in [-0.2, 0) is 0 Å². The van der Waals surface area contributed by atoms with Crippen molar-refractivity contribution in [3.63, 3.8) is 0 Å². The van der Waals surface area contributed by atoms with Crippen LogP contribution < -0.4 is 5.32 Å². The fourth-order valence-corrected chi connectivity index (χ4v) is 0.568. The summed E-state index contributed by atoms with van der Waals surface area (Å²) in [5.41, 5.74) is -0.180. The molecule has 1 aromatic heterocycles. The number of hydrogen-bond donors (Lipinski definition) is 1. The fraction of sp³-hybridized carbons (Fsp3) is 0.167. The van der Waals surface area contributed by atoms with Crippen LogP contribution in [0.2, 0.25) is 0 Å². The van der Waals surface area contributed by atoms with E-state index < -0.39 is 11.9 Å². The van der Waals surface area contributed by atoms with Gasteiger partial charge in [0.1, 0.15) is 12.0 Å². The Hall–Kier alpha value is -1.65. The summed E-state index contributed by atoms with van der Waals surface area (Å²) >= 11 is 0. The number of nitro groups is 1. The third-order valence-electron chi connectivity index (χ3n) is 1.09. The van der Waals surface area contributed by atoms with Crippen LogP contribution in [0.25, 0.3) is 0 Å². The first kappa shape index (κ1) is 4.27. The molecule has 0 saturated heterocycles. The smallest absolute Gasteiger partial charge is 0.287 e. The van der Waals surface area contributed by atoms with Gasteiger partial charge in [0.05, 0.1) is 4.92 Å². The highest BCUT2D eigenvalue weighted by molar-refractivity contribution is 5.39. The van der Waals surface area contributed by atoms with Crippen LogP contribution in [0.3, 0.4) is 0 Å². The highest BCUT2D eigenvalue weighted by atomic mass is 16.6. The number of nitrogens with one attached hydrogen (secondary N) is 1. The Morgan fingerprint density at radius 2 is 2.64 bits per heavy atom.